The number of hydrogen-bond donors (Lipinski definition) is 1. The molecule has 88 valence electrons. The van der Waals surface area contributed by atoms with Crippen LogP contribution >= 0.6 is 0 Å². The molecule has 2 rings (SSSR count). The maximum atomic E-state index is 12.1. The van der Waals surface area contributed by atoms with E-state index in [2.05, 4.69) is 17.0 Å². The van der Waals surface area contributed by atoms with Crippen molar-refractivity contribution in [2.24, 2.45) is 0 Å². The molecule has 2 heterocycles. The van der Waals surface area contributed by atoms with Gasteiger partial charge in [0.05, 0.1) is 0 Å². The minimum absolute atomic E-state index is 0.0412. The predicted molar refractivity (Wildman–Crippen MR) is 69.8 cm³/mol. The summed E-state index contributed by atoms with van der Waals surface area (Å²) in [4.78, 5) is 16.4. The van der Waals surface area contributed by atoms with Crippen molar-refractivity contribution in [3.63, 3.8) is 0 Å². The van der Waals surface area contributed by atoms with Crippen molar-refractivity contribution in [1.82, 2.24) is 9.66 Å². The van der Waals surface area contributed by atoms with E-state index < -0.39 is 0 Å². The van der Waals surface area contributed by atoms with Gasteiger partial charge in [0.1, 0.15) is 0 Å². The molecular formula is C13H15N3O. The van der Waals surface area contributed by atoms with Gasteiger partial charge in [0.25, 0.3) is 5.56 Å². The van der Waals surface area contributed by atoms with Crippen LogP contribution in [-0.2, 0) is 6.42 Å². The Morgan fingerprint density at radius 3 is 3.12 bits per heavy atom. The molecule has 0 atom stereocenters. The molecule has 0 aliphatic heterocycles. The van der Waals surface area contributed by atoms with Gasteiger partial charge in [0, 0.05) is 23.7 Å². The number of fused-ring (bicyclic) bond motifs is 1. The Morgan fingerprint density at radius 2 is 2.41 bits per heavy atom. The topological polar surface area (TPSA) is 46.9 Å². The van der Waals surface area contributed by atoms with E-state index in [0.29, 0.717) is 18.6 Å². The molecule has 0 radical (unpaired) electrons. The molecule has 0 fully saturated rings. The molecule has 0 aromatic carbocycles. The van der Waals surface area contributed by atoms with Crippen LogP contribution < -0.4 is 11.0 Å². The Bertz CT molecular complexity index is 601. The molecule has 0 unspecified atom stereocenters. The van der Waals surface area contributed by atoms with Gasteiger partial charge in [-0.05, 0) is 24.6 Å². The van der Waals surface area contributed by atoms with Crippen molar-refractivity contribution < 1.29 is 0 Å². The van der Waals surface area contributed by atoms with E-state index in [4.69, 9.17) is 0 Å². The first-order valence-electron chi connectivity index (χ1n) is 5.62. The SMILES string of the molecule is C=CCNn1c(=O)c(CC)cc2cccnc21. The molecule has 2 aromatic heterocycles. The predicted octanol–water partition coefficient (Wildman–Crippen LogP) is 1.69. The molecule has 0 aliphatic rings. The van der Waals surface area contributed by atoms with Gasteiger partial charge in [-0.3, -0.25) is 4.79 Å². The quantitative estimate of drug-likeness (QED) is 0.811. The lowest BCUT2D eigenvalue weighted by Crippen LogP contribution is -2.32. The van der Waals surface area contributed by atoms with Gasteiger partial charge < -0.3 is 5.43 Å². The molecule has 17 heavy (non-hydrogen) atoms. The number of rotatable bonds is 4. The molecule has 4 nitrogen and oxygen atoms in total. The zero-order valence-corrected chi connectivity index (χ0v) is 9.81. The minimum atomic E-state index is -0.0412. The molecule has 0 saturated heterocycles. The van der Waals surface area contributed by atoms with Gasteiger partial charge in [0.15, 0.2) is 5.65 Å². The third kappa shape index (κ3) is 2.06. The van der Waals surface area contributed by atoms with Crippen LogP contribution in [0.4, 0.5) is 0 Å². The number of aryl methyl sites for hydroxylation is 1. The number of hydrogen-bond acceptors (Lipinski definition) is 3. The molecule has 0 aliphatic carbocycles. The number of nitrogens with zero attached hydrogens (tertiary/aromatic N) is 2. The highest BCUT2D eigenvalue weighted by Gasteiger charge is 2.07. The minimum Gasteiger partial charge on any atom is -0.317 e. The van der Waals surface area contributed by atoms with Crippen molar-refractivity contribution in [3.05, 3.63) is 53.0 Å². The third-order valence-electron chi connectivity index (χ3n) is 2.61. The highest BCUT2D eigenvalue weighted by Crippen LogP contribution is 2.09. The zero-order chi connectivity index (χ0) is 12.3. The second-order valence-electron chi connectivity index (χ2n) is 3.73. The van der Waals surface area contributed by atoms with Crippen molar-refractivity contribution in [3.8, 4) is 0 Å². The highest BCUT2D eigenvalue weighted by atomic mass is 16.1. The van der Waals surface area contributed by atoms with Crippen LogP contribution in [0.15, 0.2) is 41.8 Å². The molecule has 0 saturated carbocycles. The van der Waals surface area contributed by atoms with Crippen LogP contribution in [0.5, 0.6) is 0 Å². The van der Waals surface area contributed by atoms with Gasteiger partial charge in [-0.2, -0.15) is 0 Å². The summed E-state index contributed by atoms with van der Waals surface area (Å²) in [5.74, 6) is 0. The van der Waals surface area contributed by atoms with E-state index in [9.17, 15) is 4.79 Å². The normalized spacial score (nSPS) is 10.4. The van der Waals surface area contributed by atoms with E-state index in [1.807, 2.05) is 25.1 Å². The van der Waals surface area contributed by atoms with Crippen molar-refractivity contribution >= 4 is 11.0 Å². The van der Waals surface area contributed by atoms with Crippen LogP contribution in [0.3, 0.4) is 0 Å². The van der Waals surface area contributed by atoms with Gasteiger partial charge >= 0.3 is 0 Å². The molecule has 2 aromatic rings. The van der Waals surface area contributed by atoms with Crippen LogP contribution in [0.1, 0.15) is 12.5 Å². The smallest absolute Gasteiger partial charge is 0.274 e. The van der Waals surface area contributed by atoms with Crippen LogP contribution in [0.25, 0.3) is 11.0 Å². The second-order valence-corrected chi connectivity index (χ2v) is 3.73. The maximum Gasteiger partial charge on any atom is 0.274 e. The Kier molecular flexibility index (Phi) is 3.23. The van der Waals surface area contributed by atoms with Crippen molar-refractivity contribution in [2.75, 3.05) is 12.0 Å². The lowest BCUT2D eigenvalue weighted by Gasteiger charge is -2.12. The molecular weight excluding hydrogens is 214 g/mol. The summed E-state index contributed by atoms with van der Waals surface area (Å²) in [6.45, 7) is 6.13. The Balaban J connectivity index is 2.70. The number of pyridine rings is 2. The van der Waals surface area contributed by atoms with Crippen molar-refractivity contribution in [2.45, 2.75) is 13.3 Å². The lowest BCUT2D eigenvalue weighted by atomic mass is 10.2. The third-order valence-corrected chi connectivity index (χ3v) is 2.61. The van der Waals surface area contributed by atoms with E-state index in [1.165, 1.54) is 4.68 Å². The van der Waals surface area contributed by atoms with Crippen LogP contribution in [0.2, 0.25) is 0 Å². The first-order chi connectivity index (χ1) is 8.27. The number of aromatic nitrogens is 2. The average molecular weight is 229 g/mol. The summed E-state index contributed by atoms with van der Waals surface area (Å²) in [5.41, 5.74) is 4.39. The van der Waals surface area contributed by atoms with Gasteiger partial charge in [-0.1, -0.05) is 13.0 Å². The Labute approximate surface area is 99.6 Å². The summed E-state index contributed by atoms with van der Waals surface area (Å²) < 4.78 is 1.50. The molecule has 0 spiro atoms. The Hall–Kier alpha value is -2.10. The van der Waals surface area contributed by atoms with Crippen LogP contribution in [-0.4, -0.2) is 16.2 Å². The first kappa shape index (κ1) is 11.4. The largest absolute Gasteiger partial charge is 0.317 e. The molecule has 0 bridgehead atoms. The molecule has 0 amide bonds. The second kappa shape index (κ2) is 4.82. The summed E-state index contributed by atoms with van der Waals surface area (Å²) >= 11 is 0. The fraction of sp³-hybridized carbons (Fsp3) is 0.231. The van der Waals surface area contributed by atoms with Gasteiger partial charge in [-0.25, -0.2) is 9.66 Å². The van der Waals surface area contributed by atoms with E-state index in [-0.39, 0.29) is 5.56 Å². The summed E-state index contributed by atoms with van der Waals surface area (Å²) in [6, 6.07) is 5.72. The highest BCUT2D eigenvalue weighted by molar-refractivity contribution is 5.75. The van der Waals surface area contributed by atoms with E-state index >= 15 is 0 Å². The molecule has 1 N–H and O–H groups in total. The summed E-state index contributed by atoms with van der Waals surface area (Å²) in [5, 5.41) is 0.959. The maximum absolute atomic E-state index is 12.1. The first-order valence-corrected chi connectivity index (χ1v) is 5.62. The van der Waals surface area contributed by atoms with Crippen molar-refractivity contribution in [1.29, 1.82) is 0 Å². The fourth-order valence-corrected chi connectivity index (χ4v) is 1.75. The van der Waals surface area contributed by atoms with Crippen LogP contribution in [0, 0.1) is 0 Å². The standard InChI is InChI=1S/C13H15N3O/c1-3-7-15-16-12-11(6-5-8-14-12)9-10(4-2)13(16)17/h3,5-6,8-9,15H,1,4,7H2,2H3. The fourth-order valence-electron chi connectivity index (χ4n) is 1.75. The van der Waals surface area contributed by atoms with Gasteiger partial charge in [0.2, 0.25) is 0 Å². The number of nitrogens with one attached hydrogen (secondary N) is 1. The molecule has 4 heteroatoms. The summed E-state index contributed by atoms with van der Waals surface area (Å²) in [6.07, 6.45) is 4.10. The summed E-state index contributed by atoms with van der Waals surface area (Å²) in [7, 11) is 0. The lowest BCUT2D eigenvalue weighted by molar-refractivity contribution is 0.846. The Morgan fingerprint density at radius 1 is 1.59 bits per heavy atom. The van der Waals surface area contributed by atoms with E-state index in [1.54, 1.807) is 12.3 Å². The monoisotopic (exact) mass is 229 g/mol. The average Bonchev–Trinajstić information content (AvgIpc) is 2.37. The van der Waals surface area contributed by atoms with E-state index in [0.717, 1.165) is 10.9 Å². The zero-order valence-electron chi connectivity index (χ0n) is 9.81. The van der Waals surface area contributed by atoms with Gasteiger partial charge in [-0.15, -0.1) is 6.58 Å².